The van der Waals surface area contributed by atoms with Crippen LogP contribution in [0.2, 0.25) is 0 Å². The van der Waals surface area contributed by atoms with Crippen molar-refractivity contribution in [1.29, 1.82) is 0 Å². The van der Waals surface area contributed by atoms with Crippen molar-refractivity contribution in [2.24, 2.45) is 5.73 Å². The topological polar surface area (TPSA) is 109 Å². The van der Waals surface area contributed by atoms with Gasteiger partial charge in [0.1, 0.15) is 6.04 Å². The van der Waals surface area contributed by atoms with Gasteiger partial charge < -0.3 is 16.2 Å². The molecule has 0 aliphatic heterocycles. The van der Waals surface area contributed by atoms with Crippen LogP contribution in [0.15, 0.2) is 29.2 Å². The molecule has 0 bridgehead atoms. The zero-order valence-corrected chi connectivity index (χ0v) is 10.8. The molecule has 7 heteroatoms. The van der Waals surface area contributed by atoms with Crippen molar-refractivity contribution in [3.05, 3.63) is 29.8 Å². The van der Waals surface area contributed by atoms with Crippen molar-refractivity contribution in [2.45, 2.75) is 17.5 Å². The molecule has 0 aliphatic carbocycles. The number of hydrogen-bond acceptors (Lipinski definition) is 5. The average molecular weight is 272 g/mol. The normalized spacial score (nSPS) is 13.2. The highest BCUT2D eigenvalue weighted by Gasteiger charge is 2.10. The second-order valence-electron chi connectivity index (χ2n) is 3.99. The summed E-state index contributed by atoms with van der Waals surface area (Å²) in [6.07, 6.45) is 1.14. The monoisotopic (exact) mass is 272 g/mol. The van der Waals surface area contributed by atoms with Crippen molar-refractivity contribution in [1.82, 2.24) is 5.32 Å². The van der Waals surface area contributed by atoms with E-state index in [2.05, 4.69) is 5.32 Å². The average Bonchev–Trinajstić information content (AvgIpc) is 2.28. The highest BCUT2D eigenvalue weighted by Crippen LogP contribution is 2.09. The van der Waals surface area contributed by atoms with E-state index in [0.717, 1.165) is 11.8 Å². The fraction of sp³-hybridized carbons (Fsp3) is 0.364. The molecular formula is C11H16N2O4S. The molecule has 0 radical (unpaired) electrons. The van der Waals surface area contributed by atoms with E-state index in [1.807, 2.05) is 0 Å². The first-order valence-corrected chi connectivity index (χ1v) is 7.18. The highest BCUT2D eigenvalue weighted by molar-refractivity contribution is 7.90. The molecule has 1 atom stereocenters. The Kier molecular flexibility index (Phi) is 4.83. The van der Waals surface area contributed by atoms with E-state index < -0.39 is 21.8 Å². The van der Waals surface area contributed by atoms with Crippen molar-refractivity contribution in [2.75, 3.05) is 12.8 Å². The zero-order chi connectivity index (χ0) is 13.8. The summed E-state index contributed by atoms with van der Waals surface area (Å²) >= 11 is 0. The molecule has 1 unspecified atom stereocenters. The van der Waals surface area contributed by atoms with Crippen LogP contribution >= 0.6 is 0 Å². The quantitative estimate of drug-likeness (QED) is 0.649. The summed E-state index contributed by atoms with van der Waals surface area (Å²) in [4.78, 5) is 10.7. The van der Waals surface area contributed by atoms with E-state index in [9.17, 15) is 13.2 Å². The molecule has 0 aromatic heterocycles. The Hall–Kier alpha value is -1.44. The Balaban J connectivity index is 2.52. The lowest BCUT2D eigenvalue weighted by atomic mass is 10.2. The Bertz CT molecular complexity index is 510. The molecule has 1 aromatic rings. The Labute approximate surface area is 106 Å². The number of sulfone groups is 1. The number of carboxylic acid groups (broad SMARTS) is 1. The number of hydrogen-bond donors (Lipinski definition) is 3. The summed E-state index contributed by atoms with van der Waals surface area (Å²) in [6.45, 7) is 0.591. The van der Waals surface area contributed by atoms with Gasteiger partial charge in [0.25, 0.3) is 0 Å². The fourth-order valence-corrected chi connectivity index (χ4v) is 1.94. The van der Waals surface area contributed by atoms with Gasteiger partial charge in [-0.25, -0.2) is 8.42 Å². The lowest BCUT2D eigenvalue weighted by molar-refractivity contribution is -0.138. The molecule has 1 aromatic carbocycles. The SMILES string of the molecule is CS(=O)(=O)c1ccc(CNCC(N)C(=O)O)cc1. The molecule has 0 amide bonds. The molecule has 1 rings (SSSR count). The number of carbonyl (C=O) groups is 1. The van der Waals surface area contributed by atoms with Gasteiger partial charge in [-0.2, -0.15) is 0 Å². The number of aliphatic carboxylic acids is 1. The van der Waals surface area contributed by atoms with E-state index in [-0.39, 0.29) is 11.4 Å². The van der Waals surface area contributed by atoms with Gasteiger partial charge in [0.05, 0.1) is 4.90 Å². The Morgan fingerprint density at radius 2 is 1.94 bits per heavy atom. The standard InChI is InChI=1S/C11H16N2O4S/c1-18(16,17)9-4-2-8(3-5-9)6-13-7-10(12)11(14)15/h2-5,10,13H,6-7,12H2,1H3,(H,14,15). The van der Waals surface area contributed by atoms with Crippen LogP contribution in [-0.4, -0.2) is 38.3 Å². The molecule has 0 heterocycles. The maximum Gasteiger partial charge on any atom is 0.321 e. The van der Waals surface area contributed by atoms with Crippen LogP contribution in [0.3, 0.4) is 0 Å². The second-order valence-corrected chi connectivity index (χ2v) is 6.01. The molecule has 100 valence electrons. The molecule has 0 fully saturated rings. The third kappa shape index (κ3) is 4.44. The third-order valence-electron chi connectivity index (χ3n) is 2.36. The molecule has 0 saturated heterocycles. The van der Waals surface area contributed by atoms with Crippen molar-refractivity contribution >= 4 is 15.8 Å². The summed E-state index contributed by atoms with van der Waals surface area (Å²) in [6, 6.07) is 5.44. The Morgan fingerprint density at radius 1 is 1.39 bits per heavy atom. The highest BCUT2D eigenvalue weighted by atomic mass is 32.2. The summed E-state index contributed by atoms with van der Waals surface area (Å²) in [5.41, 5.74) is 6.18. The molecule has 0 aliphatic rings. The molecule has 4 N–H and O–H groups in total. The number of nitrogens with two attached hydrogens (primary N) is 1. The molecule has 18 heavy (non-hydrogen) atoms. The zero-order valence-electron chi connectivity index (χ0n) is 9.96. The van der Waals surface area contributed by atoms with Crippen molar-refractivity contribution < 1.29 is 18.3 Å². The third-order valence-corrected chi connectivity index (χ3v) is 3.49. The Morgan fingerprint density at radius 3 is 2.39 bits per heavy atom. The first-order chi connectivity index (χ1) is 8.30. The fourth-order valence-electron chi connectivity index (χ4n) is 1.31. The minimum atomic E-state index is -3.18. The van der Waals surface area contributed by atoms with Crippen LogP contribution in [0.5, 0.6) is 0 Å². The number of carboxylic acids is 1. The number of rotatable bonds is 6. The predicted molar refractivity (Wildman–Crippen MR) is 66.9 cm³/mol. The van der Waals surface area contributed by atoms with Gasteiger partial charge >= 0.3 is 5.97 Å². The summed E-state index contributed by atoms with van der Waals surface area (Å²) in [7, 11) is -3.18. The van der Waals surface area contributed by atoms with Crippen LogP contribution < -0.4 is 11.1 Å². The van der Waals surface area contributed by atoms with Crippen LogP contribution in [0.1, 0.15) is 5.56 Å². The number of nitrogens with one attached hydrogen (secondary N) is 1. The summed E-state index contributed by atoms with van der Waals surface area (Å²) in [5, 5.41) is 11.5. The minimum absolute atomic E-state index is 0.156. The van der Waals surface area contributed by atoms with Crippen LogP contribution in [0.4, 0.5) is 0 Å². The maximum absolute atomic E-state index is 11.2. The second kappa shape index (κ2) is 5.94. The molecule has 0 spiro atoms. The van der Waals surface area contributed by atoms with E-state index in [1.165, 1.54) is 12.1 Å². The van der Waals surface area contributed by atoms with E-state index in [0.29, 0.717) is 6.54 Å². The van der Waals surface area contributed by atoms with Gasteiger partial charge in [-0.1, -0.05) is 12.1 Å². The van der Waals surface area contributed by atoms with Gasteiger partial charge in [-0.05, 0) is 17.7 Å². The van der Waals surface area contributed by atoms with Crippen molar-refractivity contribution in [3.8, 4) is 0 Å². The summed E-state index contributed by atoms with van der Waals surface area (Å²) < 4.78 is 22.5. The smallest absolute Gasteiger partial charge is 0.321 e. The van der Waals surface area contributed by atoms with Crippen molar-refractivity contribution in [3.63, 3.8) is 0 Å². The lowest BCUT2D eigenvalue weighted by Gasteiger charge is -2.08. The first kappa shape index (κ1) is 14.6. The van der Waals surface area contributed by atoms with Crippen LogP contribution in [0.25, 0.3) is 0 Å². The predicted octanol–water partition coefficient (Wildman–Crippen LogP) is -0.408. The minimum Gasteiger partial charge on any atom is -0.480 e. The number of benzene rings is 1. The van der Waals surface area contributed by atoms with E-state index in [4.69, 9.17) is 10.8 Å². The van der Waals surface area contributed by atoms with Crippen LogP contribution in [-0.2, 0) is 21.2 Å². The van der Waals surface area contributed by atoms with Crippen LogP contribution in [0, 0.1) is 0 Å². The maximum atomic E-state index is 11.2. The largest absolute Gasteiger partial charge is 0.480 e. The van der Waals surface area contributed by atoms with Gasteiger partial charge in [-0.3, -0.25) is 4.79 Å². The van der Waals surface area contributed by atoms with Gasteiger partial charge in [0.2, 0.25) is 0 Å². The van der Waals surface area contributed by atoms with E-state index in [1.54, 1.807) is 12.1 Å². The molecule has 6 nitrogen and oxygen atoms in total. The molecule has 0 saturated carbocycles. The summed E-state index contributed by atoms with van der Waals surface area (Å²) in [5.74, 6) is -1.06. The van der Waals surface area contributed by atoms with Gasteiger partial charge in [0, 0.05) is 19.3 Å². The first-order valence-electron chi connectivity index (χ1n) is 5.29. The van der Waals surface area contributed by atoms with Gasteiger partial charge in [-0.15, -0.1) is 0 Å². The van der Waals surface area contributed by atoms with E-state index >= 15 is 0 Å². The lowest BCUT2D eigenvalue weighted by Crippen LogP contribution is -2.40. The van der Waals surface area contributed by atoms with Gasteiger partial charge in [0.15, 0.2) is 9.84 Å². The molecular weight excluding hydrogens is 256 g/mol.